The van der Waals surface area contributed by atoms with E-state index in [1.165, 1.54) is 0 Å². The molecule has 4 rings (SSSR count). The summed E-state index contributed by atoms with van der Waals surface area (Å²) in [5, 5.41) is 3.03. The third-order valence-corrected chi connectivity index (χ3v) is 5.73. The number of hydrogen-bond donors (Lipinski definition) is 1. The van der Waals surface area contributed by atoms with Crippen LogP contribution in [0.1, 0.15) is 44.1 Å². The van der Waals surface area contributed by atoms with E-state index in [9.17, 15) is 9.59 Å². The molecule has 1 amide bonds. The van der Waals surface area contributed by atoms with Crippen LogP contribution in [-0.2, 0) is 14.3 Å². The van der Waals surface area contributed by atoms with Crippen molar-refractivity contribution in [2.75, 3.05) is 13.7 Å². The first-order valence-electron chi connectivity index (χ1n) is 8.95. The van der Waals surface area contributed by atoms with E-state index in [1.807, 2.05) is 18.2 Å². The molecule has 1 N–H and O–H groups in total. The molecule has 1 saturated carbocycles. The highest BCUT2D eigenvalue weighted by atomic mass is 16.5. The van der Waals surface area contributed by atoms with Gasteiger partial charge in [-0.1, -0.05) is 6.42 Å². The second-order valence-electron chi connectivity index (χ2n) is 6.99. The maximum atomic E-state index is 12.8. The standard InChI is InChI=1S/C19H23NO5/c1-3-24-18(22)16-15-12-10-11(23-2)7-8-14(12)25-19(20-17(16)21)9-5-4-6-13(15)19/h7-8,10,13,15-16H,3-6,9H2,1-2H3,(H,20,21). The lowest BCUT2D eigenvalue weighted by molar-refractivity contribution is -0.171. The van der Waals surface area contributed by atoms with Crippen LogP contribution in [0.25, 0.3) is 0 Å². The van der Waals surface area contributed by atoms with E-state index in [4.69, 9.17) is 14.2 Å². The maximum absolute atomic E-state index is 12.8. The van der Waals surface area contributed by atoms with Gasteiger partial charge >= 0.3 is 5.97 Å². The molecular weight excluding hydrogens is 322 g/mol. The predicted molar refractivity (Wildman–Crippen MR) is 89.3 cm³/mol. The Morgan fingerprint density at radius 1 is 1.40 bits per heavy atom. The molecule has 1 aliphatic carbocycles. The van der Waals surface area contributed by atoms with Crippen LogP contribution in [0, 0.1) is 11.8 Å². The van der Waals surface area contributed by atoms with Crippen molar-refractivity contribution in [3.63, 3.8) is 0 Å². The van der Waals surface area contributed by atoms with Crippen molar-refractivity contribution in [3.8, 4) is 11.5 Å². The molecule has 6 nitrogen and oxygen atoms in total. The van der Waals surface area contributed by atoms with Gasteiger partial charge in [-0.25, -0.2) is 0 Å². The van der Waals surface area contributed by atoms with Gasteiger partial charge in [0.1, 0.15) is 17.4 Å². The summed E-state index contributed by atoms with van der Waals surface area (Å²) in [6.45, 7) is 2.01. The number of rotatable bonds is 3. The Kier molecular flexibility index (Phi) is 3.85. The number of methoxy groups -OCH3 is 1. The minimum absolute atomic E-state index is 0.0629. The van der Waals surface area contributed by atoms with E-state index in [1.54, 1.807) is 14.0 Å². The molecule has 2 bridgehead atoms. The molecule has 4 atom stereocenters. The molecule has 0 radical (unpaired) electrons. The molecule has 1 aromatic rings. The normalized spacial score (nSPS) is 32.6. The molecule has 1 saturated heterocycles. The summed E-state index contributed by atoms with van der Waals surface area (Å²) < 4.78 is 16.9. The van der Waals surface area contributed by atoms with Gasteiger partial charge in [0.05, 0.1) is 13.7 Å². The largest absolute Gasteiger partial charge is 0.497 e. The van der Waals surface area contributed by atoms with E-state index >= 15 is 0 Å². The third-order valence-electron chi connectivity index (χ3n) is 5.73. The van der Waals surface area contributed by atoms with Crippen LogP contribution in [0.5, 0.6) is 11.5 Å². The Bertz CT molecular complexity index is 718. The summed E-state index contributed by atoms with van der Waals surface area (Å²) >= 11 is 0. The van der Waals surface area contributed by atoms with Crippen molar-refractivity contribution >= 4 is 11.9 Å². The van der Waals surface area contributed by atoms with Crippen LogP contribution < -0.4 is 14.8 Å². The second-order valence-corrected chi connectivity index (χ2v) is 6.99. The van der Waals surface area contributed by atoms with E-state index in [0.717, 1.165) is 37.0 Å². The lowest BCUT2D eigenvalue weighted by Crippen LogP contribution is -2.69. The van der Waals surface area contributed by atoms with Gasteiger partial charge in [-0.2, -0.15) is 0 Å². The zero-order chi connectivity index (χ0) is 17.6. The Balaban J connectivity index is 1.86. The fourth-order valence-electron chi connectivity index (χ4n) is 4.71. The highest BCUT2D eigenvalue weighted by Crippen LogP contribution is 2.56. The molecule has 134 valence electrons. The molecule has 2 fully saturated rings. The number of benzene rings is 1. The Morgan fingerprint density at radius 2 is 2.24 bits per heavy atom. The van der Waals surface area contributed by atoms with Gasteiger partial charge < -0.3 is 19.5 Å². The Hall–Kier alpha value is -2.24. The van der Waals surface area contributed by atoms with Gasteiger partial charge in [-0.05, 0) is 38.0 Å². The minimum atomic E-state index is -0.842. The van der Waals surface area contributed by atoms with Crippen LogP contribution in [0.15, 0.2) is 18.2 Å². The zero-order valence-electron chi connectivity index (χ0n) is 14.5. The number of esters is 1. The lowest BCUT2D eigenvalue weighted by atomic mass is 9.62. The molecule has 4 unspecified atom stereocenters. The quantitative estimate of drug-likeness (QED) is 0.672. The summed E-state index contributed by atoms with van der Waals surface area (Å²) in [5.41, 5.74) is 0.166. The van der Waals surface area contributed by atoms with Crippen LogP contribution >= 0.6 is 0 Å². The number of nitrogens with one attached hydrogen (secondary N) is 1. The van der Waals surface area contributed by atoms with Crippen molar-refractivity contribution < 1.29 is 23.8 Å². The third kappa shape index (κ3) is 2.38. The van der Waals surface area contributed by atoms with Crippen molar-refractivity contribution in [3.05, 3.63) is 23.8 Å². The summed E-state index contributed by atoms with van der Waals surface area (Å²) in [7, 11) is 1.60. The molecule has 6 heteroatoms. The number of hydrogen-bond acceptors (Lipinski definition) is 5. The lowest BCUT2D eigenvalue weighted by Gasteiger charge is -2.55. The minimum Gasteiger partial charge on any atom is -0.497 e. The fraction of sp³-hybridized carbons (Fsp3) is 0.579. The Labute approximate surface area is 146 Å². The van der Waals surface area contributed by atoms with Crippen LogP contribution in [-0.4, -0.2) is 31.3 Å². The summed E-state index contributed by atoms with van der Waals surface area (Å²) in [4.78, 5) is 25.4. The smallest absolute Gasteiger partial charge is 0.319 e. The molecular formula is C19H23NO5. The van der Waals surface area contributed by atoms with E-state index in [2.05, 4.69) is 5.32 Å². The van der Waals surface area contributed by atoms with Crippen LogP contribution in [0.2, 0.25) is 0 Å². The molecule has 25 heavy (non-hydrogen) atoms. The van der Waals surface area contributed by atoms with Crippen molar-refractivity contribution in [2.24, 2.45) is 11.8 Å². The average Bonchev–Trinajstić information content (AvgIpc) is 2.60. The first-order valence-corrected chi connectivity index (χ1v) is 8.95. The first kappa shape index (κ1) is 16.2. The maximum Gasteiger partial charge on any atom is 0.319 e. The zero-order valence-corrected chi connectivity index (χ0v) is 14.5. The number of ether oxygens (including phenoxy) is 3. The number of carbonyl (C=O) groups is 2. The molecule has 1 aromatic carbocycles. The molecule has 0 aromatic heterocycles. The van der Waals surface area contributed by atoms with E-state index in [0.29, 0.717) is 5.75 Å². The predicted octanol–water partition coefficient (Wildman–Crippen LogP) is 2.37. The molecule has 0 spiro atoms. The van der Waals surface area contributed by atoms with Gasteiger partial charge in [0, 0.05) is 23.8 Å². The summed E-state index contributed by atoms with van der Waals surface area (Å²) in [6.07, 6.45) is 3.74. The molecule has 2 heterocycles. The first-order chi connectivity index (χ1) is 12.1. The number of fused-ring (bicyclic) bond motifs is 2. The second kappa shape index (κ2) is 5.93. The highest BCUT2D eigenvalue weighted by Gasteiger charge is 2.61. The van der Waals surface area contributed by atoms with Gasteiger partial charge in [0.25, 0.3) is 0 Å². The average molecular weight is 345 g/mol. The molecule has 2 aliphatic heterocycles. The van der Waals surface area contributed by atoms with Crippen molar-refractivity contribution in [1.82, 2.24) is 5.32 Å². The SMILES string of the molecule is CCOC(=O)C1C(=O)NC23CCCCC2C1c1cc(OC)ccc1O3. The van der Waals surface area contributed by atoms with Gasteiger partial charge in [-0.15, -0.1) is 0 Å². The topological polar surface area (TPSA) is 73.9 Å². The number of piperidine rings is 1. The Morgan fingerprint density at radius 3 is 3.00 bits per heavy atom. The van der Waals surface area contributed by atoms with Crippen LogP contribution in [0.3, 0.4) is 0 Å². The van der Waals surface area contributed by atoms with Crippen molar-refractivity contribution in [1.29, 1.82) is 0 Å². The van der Waals surface area contributed by atoms with Gasteiger partial charge in [0.15, 0.2) is 5.72 Å². The van der Waals surface area contributed by atoms with E-state index < -0.39 is 17.6 Å². The fourth-order valence-corrected chi connectivity index (χ4v) is 4.71. The highest BCUT2D eigenvalue weighted by molar-refractivity contribution is 6.00. The summed E-state index contributed by atoms with van der Waals surface area (Å²) in [6, 6.07) is 5.60. The summed E-state index contributed by atoms with van der Waals surface area (Å²) in [5.74, 6) is -0.363. The van der Waals surface area contributed by atoms with Crippen molar-refractivity contribution in [2.45, 2.75) is 44.2 Å². The number of carbonyl (C=O) groups excluding carboxylic acids is 2. The monoisotopic (exact) mass is 345 g/mol. The molecule has 3 aliphatic rings. The van der Waals surface area contributed by atoms with Gasteiger partial charge in [0.2, 0.25) is 5.91 Å². The number of amides is 1. The van der Waals surface area contributed by atoms with Gasteiger partial charge in [-0.3, -0.25) is 9.59 Å². The van der Waals surface area contributed by atoms with Crippen LogP contribution in [0.4, 0.5) is 0 Å². The van der Waals surface area contributed by atoms with E-state index in [-0.39, 0.29) is 24.3 Å².